The van der Waals surface area contributed by atoms with E-state index in [1.807, 2.05) is 12.3 Å². The molecule has 1 saturated heterocycles. The van der Waals surface area contributed by atoms with Gasteiger partial charge in [0.25, 0.3) is 5.56 Å². The topological polar surface area (TPSA) is 37.3 Å². The Hall–Kier alpha value is -1.13. The van der Waals surface area contributed by atoms with Crippen molar-refractivity contribution in [2.45, 2.75) is 45.3 Å². The number of hydrogen-bond donors (Lipinski definition) is 1. The largest absolute Gasteiger partial charge is 0.314 e. The molecule has 0 atom stereocenters. The van der Waals surface area contributed by atoms with Crippen LogP contribution in [0, 0.1) is 0 Å². The molecule has 0 bridgehead atoms. The van der Waals surface area contributed by atoms with Crippen molar-refractivity contribution in [3.05, 3.63) is 34.7 Å². The van der Waals surface area contributed by atoms with Gasteiger partial charge >= 0.3 is 0 Å². The minimum atomic E-state index is 0.0784. The van der Waals surface area contributed by atoms with Gasteiger partial charge in [-0.15, -0.1) is 0 Å². The van der Waals surface area contributed by atoms with Crippen LogP contribution in [0.5, 0.6) is 0 Å². The van der Waals surface area contributed by atoms with E-state index in [1.54, 1.807) is 16.7 Å². The Bertz CT molecular complexity index is 490. The second kappa shape index (κ2) is 5.10. The number of aromatic nitrogens is 1. The molecule has 1 aliphatic rings. The van der Waals surface area contributed by atoms with Crippen molar-refractivity contribution in [1.82, 2.24) is 14.8 Å². The number of pyridine rings is 1. The van der Waals surface area contributed by atoms with Gasteiger partial charge in [0.2, 0.25) is 0 Å². The molecule has 1 fully saturated rings. The molecule has 1 aliphatic heterocycles. The lowest BCUT2D eigenvalue weighted by Gasteiger charge is -2.49. The van der Waals surface area contributed by atoms with Crippen LogP contribution in [-0.2, 0) is 6.54 Å². The van der Waals surface area contributed by atoms with Crippen molar-refractivity contribution < 1.29 is 0 Å². The summed E-state index contributed by atoms with van der Waals surface area (Å²) in [6, 6.07) is 5.32. The van der Waals surface area contributed by atoms with E-state index in [2.05, 4.69) is 37.9 Å². The highest BCUT2D eigenvalue weighted by molar-refractivity contribution is 4.98. The van der Waals surface area contributed by atoms with Crippen molar-refractivity contribution in [3.63, 3.8) is 0 Å². The zero-order chi connectivity index (χ0) is 14.1. The Kier molecular flexibility index (Phi) is 3.83. The fourth-order valence-electron chi connectivity index (χ4n) is 2.57. The Labute approximate surface area is 115 Å². The minimum Gasteiger partial charge on any atom is -0.314 e. The quantitative estimate of drug-likeness (QED) is 0.893. The predicted molar refractivity (Wildman–Crippen MR) is 78.4 cm³/mol. The van der Waals surface area contributed by atoms with Crippen LogP contribution in [0.15, 0.2) is 29.2 Å². The SMILES string of the molecule is CC1(C)CN(CCn2ccccc2=O)C(C)(C)CN1. The molecule has 0 aromatic carbocycles. The first-order valence-corrected chi connectivity index (χ1v) is 6.96. The van der Waals surface area contributed by atoms with Crippen LogP contribution in [0.1, 0.15) is 27.7 Å². The van der Waals surface area contributed by atoms with E-state index >= 15 is 0 Å². The highest BCUT2D eigenvalue weighted by Gasteiger charge is 2.37. The van der Waals surface area contributed by atoms with E-state index in [-0.39, 0.29) is 16.6 Å². The number of piperazine rings is 1. The van der Waals surface area contributed by atoms with E-state index < -0.39 is 0 Å². The van der Waals surface area contributed by atoms with E-state index in [4.69, 9.17) is 0 Å². The first-order valence-electron chi connectivity index (χ1n) is 6.96. The monoisotopic (exact) mass is 263 g/mol. The third-order valence-corrected chi connectivity index (χ3v) is 3.95. The Balaban J connectivity index is 2.05. The molecular formula is C15H25N3O. The summed E-state index contributed by atoms with van der Waals surface area (Å²) in [5.41, 5.74) is 0.347. The van der Waals surface area contributed by atoms with Crippen LogP contribution < -0.4 is 10.9 Å². The maximum absolute atomic E-state index is 11.7. The predicted octanol–water partition coefficient (Wildman–Crippen LogP) is 1.31. The summed E-state index contributed by atoms with van der Waals surface area (Å²) >= 11 is 0. The van der Waals surface area contributed by atoms with Crippen molar-refractivity contribution in [2.24, 2.45) is 0 Å². The zero-order valence-electron chi connectivity index (χ0n) is 12.4. The molecule has 0 saturated carbocycles. The van der Waals surface area contributed by atoms with Gasteiger partial charge < -0.3 is 9.88 Å². The molecule has 0 spiro atoms. The highest BCUT2D eigenvalue weighted by atomic mass is 16.1. The third kappa shape index (κ3) is 3.45. The summed E-state index contributed by atoms with van der Waals surface area (Å²) in [6.45, 7) is 12.6. The van der Waals surface area contributed by atoms with Crippen molar-refractivity contribution in [2.75, 3.05) is 19.6 Å². The van der Waals surface area contributed by atoms with Crippen LogP contribution in [0.3, 0.4) is 0 Å². The van der Waals surface area contributed by atoms with Crippen LogP contribution in [0.25, 0.3) is 0 Å². The molecule has 2 rings (SSSR count). The van der Waals surface area contributed by atoms with Crippen LogP contribution in [0.4, 0.5) is 0 Å². The Morgan fingerprint density at radius 1 is 1.21 bits per heavy atom. The van der Waals surface area contributed by atoms with Gasteiger partial charge in [-0.2, -0.15) is 0 Å². The number of nitrogens with zero attached hydrogens (tertiary/aromatic N) is 2. The van der Waals surface area contributed by atoms with E-state index in [9.17, 15) is 4.79 Å². The highest BCUT2D eigenvalue weighted by Crippen LogP contribution is 2.22. The molecule has 1 N–H and O–H groups in total. The van der Waals surface area contributed by atoms with E-state index in [1.165, 1.54) is 0 Å². The molecule has 2 heterocycles. The number of hydrogen-bond acceptors (Lipinski definition) is 3. The first kappa shape index (κ1) is 14.3. The molecular weight excluding hydrogens is 238 g/mol. The van der Waals surface area contributed by atoms with E-state index in [0.717, 1.165) is 26.2 Å². The summed E-state index contributed by atoms with van der Waals surface area (Å²) in [6.07, 6.45) is 1.86. The molecule has 0 amide bonds. The van der Waals surface area contributed by atoms with Crippen LogP contribution in [0.2, 0.25) is 0 Å². The maximum atomic E-state index is 11.7. The normalized spacial score (nSPS) is 22.3. The summed E-state index contributed by atoms with van der Waals surface area (Å²) in [5, 5.41) is 3.58. The molecule has 19 heavy (non-hydrogen) atoms. The van der Waals surface area contributed by atoms with Crippen molar-refractivity contribution in [3.8, 4) is 0 Å². The standard InChI is InChI=1S/C15H25N3O/c1-14(2)12-18(15(3,4)11-16-14)10-9-17-8-6-5-7-13(17)19/h5-8,16H,9-12H2,1-4H3. The van der Waals surface area contributed by atoms with Gasteiger partial charge in [0.05, 0.1) is 0 Å². The molecule has 1 aromatic rings. The fourth-order valence-corrected chi connectivity index (χ4v) is 2.57. The van der Waals surface area contributed by atoms with Crippen molar-refractivity contribution >= 4 is 0 Å². The van der Waals surface area contributed by atoms with Crippen molar-refractivity contribution in [1.29, 1.82) is 0 Å². The molecule has 106 valence electrons. The molecule has 0 unspecified atom stereocenters. The van der Waals surface area contributed by atoms with Gasteiger partial charge in [0.1, 0.15) is 0 Å². The molecule has 0 radical (unpaired) electrons. The summed E-state index contributed by atoms with van der Waals surface area (Å²) < 4.78 is 1.78. The number of rotatable bonds is 3. The lowest BCUT2D eigenvalue weighted by Crippen LogP contribution is -2.66. The van der Waals surface area contributed by atoms with Crippen LogP contribution in [-0.4, -0.2) is 40.2 Å². The Morgan fingerprint density at radius 2 is 1.95 bits per heavy atom. The number of nitrogens with one attached hydrogen (secondary N) is 1. The molecule has 0 aliphatic carbocycles. The third-order valence-electron chi connectivity index (χ3n) is 3.95. The van der Waals surface area contributed by atoms with Gasteiger partial charge in [-0.05, 0) is 33.8 Å². The second-order valence-corrected chi connectivity index (χ2v) is 6.70. The summed E-state index contributed by atoms with van der Waals surface area (Å²) in [5.74, 6) is 0. The van der Waals surface area contributed by atoms with Gasteiger partial charge in [-0.1, -0.05) is 6.07 Å². The lowest BCUT2D eigenvalue weighted by atomic mass is 9.91. The zero-order valence-corrected chi connectivity index (χ0v) is 12.4. The average molecular weight is 263 g/mol. The first-order chi connectivity index (χ1) is 8.80. The molecule has 1 aromatic heterocycles. The lowest BCUT2D eigenvalue weighted by molar-refractivity contribution is 0.0363. The van der Waals surface area contributed by atoms with Gasteiger partial charge in [-0.3, -0.25) is 9.69 Å². The molecule has 4 heteroatoms. The Morgan fingerprint density at radius 3 is 2.63 bits per heavy atom. The summed E-state index contributed by atoms with van der Waals surface area (Å²) in [7, 11) is 0. The van der Waals surface area contributed by atoms with Crippen LogP contribution >= 0.6 is 0 Å². The second-order valence-electron chi connectivity index (χ2n) is 6.70. The smallest absolute Gasteiger partial charge is 0.250 e. The van der Waals surface area contributed by atoms with Gasteiger partial charge in [0.15, 0.2) is 0 Å². The van der Waals surface area contributed by atoms with E-state index in [0.29, 0.717) is 0 Å². The minimum absolute atomic E-state index is 0.0784. The fraction of sp³-hybridized carbons (Fsp3) is 0.667. The maximum Gasteiger partial charge on any atom is 0.250 e. The van der Waals surface area contributed by atoms with Gasteiger partial charge in [-0.25, -0.2) is 0 Å². The molecule has 4 nitrogen and oxygen atoms in total. The summed E-state index contributed by atoms with van der Waals surface area (Å²) in [4.78, 5) is 14.2. The average Bonchev–Trinajstić information content (AvgIpc) is 2.33. The van der Waals surface area contributed by atoms with Gasteiger partial charge in [0, 0.05) is 49.5 Å².